The summed E-state index contributed by atoms with van der Waals surface area (Å²) in [6.07, 6.45) is 0. The normalized spacial score (nSPS) is 11.8. The van der Waals surface area contributed by atoms with Crippen LogP contribution in [-0.2, 0) is 4.87 Å². The SMILES string of the molecule is Cc1ccc(C(C)(C)Cl)c(C)c1C. The van der Waals surface area contributed by atoms with E-state index in [-0.39, 0.29) is 4.87 Å². The van der Waals surface area contributed by atoms with E-state index in [1.807, 2.05) is 13.8 Å². The molecule has 0 nitrogen and oxygen atoms in total. The van der Waals surface area contributed by atoms with Gasteiger partial charge < -0.3 is 0 Å². The van der Waals surface area contributed by atoms with Gasteiger partial charge in [0.15, 0.2) is 0 Å². The molecule has 1 rings (SSSR count). The molecule has 0 saturated carbocycles. The minimum absolute atomic E-state index is 0.261. The van der Waals surface area contributed by atoms with Crippen LogP contribution in [0.3, 0.4) is 0 Å². The zero-order chi connectivity index (χ0) is 10.2. The molecule has 0 fully saturated rings. The second kappa shape index (κ2) is 3.34. The van der Waals surface area contributed by atoms with Gasteiger partial charge in [-0.25, -0.2) is 0 Å². The number of benzene rings is 1. The lowest BCUT2D eigenvalue weighted by Crippen LogP contribution is -2.10. The van der Waals surface area contributed by atoms with E-state index < -0.39 is 0 Å². The fourth-order valence-electron chi connectivity index (χ4n) is 1.60. The van der Waals surface area contributed by atoms with Gasteiger partial charge >= 0.3 is 0 Å². The molecule has 1 aromatic rings. The topological polar surface area (TPSA) is 0 Å². The van der Waals surface area contributed by atoms with Gasteiger partial charge in [-0.2, -0.15) is 0 Å². The van der Waals surface area contributed by atoms with E-state index in [0.29, 0.717) is 0 Å². The summed E-state index contributed by atoms with van der Waals surface area (Å²) in [5.74, 6) is 0. The molecule has 0 bridgehead atoms. The van der Waals surface area contributed by atoms with Crippen LogP contribution in [0.2, 0.25) is 0 Å². The lowest BCUT2D eigenvalue weighted by Gasteiger charge is -2.21. The Morgan fingerprint density at radius 2 is 1.54 bits per heavy atom. The minimum atomic E-state index is -0.261. The molecule has 0 N–H and O–H groups in total. The molecule has 1 heteroatoms. The average molecular weight is 197 g/mol. The Bertz CT molecular complexity index is 319. The van der Waals surface area contributed by atoms with E-state index in [0.717, 1.165) is 0 Å². The second-order valence-electron chi connectivity index (χ2n) is 4.15. The molecule has 0 aliphatic heterocycles. The first-order valence-electron chi connectivity index (χ1n) is 4.60. The molecule has 72 valence electrons. The minimum Gasteiger partial charge on any atom is -0.115 e. The first-order valence-corrected chi connectivity index (χ1v) is 4.98. The first-order chi connectivity index (χ1) is 5.84. The van der Waals surface area contributed by atoms with Crippen LogP contribution in [0.15, 0.2) is 12.1 Å². The maximum atomic E-state index is 6.29. The Kier molecular flexibility index (Phi) is 2.72. The van der Waals surface area contributed by atoms with E-state index >= 15 is 0 Å². The maximum Gasteiger partial charge on any atom is 0.0641 e. The highest BCUT2D eigenvalue weighted by molar-refractivity contribution is 6.23. The van der Waals surface area contributed by atoms with Gasteiger partial charge in [-0.15, -0.1) is 11.6 Å². The van der Waals surface area contributed by atoms with Crippen molar-refractivity contribution in [2.75, 3.05) is 0 Å². The number of hydrogen-bond acceptors (Lipinski definition) is 0. The molecule has 0 saturated heterocycles. The lowest BCUT2D eigenvalue weighted by atomic mass is 9.92. The summed E-state index contributed by atoms with van der Waals surface area (Å²) >= 11 is 6.29. The predicted octanol–water partition coefficient (Wildman–Crippen LogP) is 4.09. The molecule has 0 aromatic heterocycles. The quantitative estimate of drug-likeness (QED) is 0.594. The Morgan fingerprint density at radius 3 is 2.00 bits per heavy atom. The zero-order valence-corrected chi connectivity index (χ0v) is 9.79. The van der Waals surface area contributed by atoms with Crippen molar-refractivity contribution < 1.29 is 0 Å². The van der Waals surface area contributed by atoms with Gasteiger partial charge in [0.1, 0.15) is 0 Å². The molecule has 0 atom stereocenters. The monoisotopic (exact) mass is 196 g/mol. The Labute approximate surface area is 85.9 Å². The van der Waals surface area contributed by atoms with E-state index in [4.69, 9.17) is 11.6 Å². The molecule has 0 radical (unpaired) electrons. The van der Waals surface area contributed by atoms with Crippen molar-refractivity contribution >= 4 is 11.6 Å². The van der Waals surface area contributed by atoms with Crippen LogP contribution in [0.5, 0.6) is 0 Å². The fraction of sp³-hybridized carbons (Fsp3) is 0.500. The highest BCUT2D eigenvalue weighted by Crippen LogP contribution is 2.32. The van der Waals surface area contributed by atoms with Crippen LogP contribution in [0, 0.1) is 20.8 Å². The third kappa shape index (κ3) is 2.05. The van der Waals surface area contributed by atoms with Gasteiger partial charge in [-0.1, -0.05) is 12.1 Å². The Balaban J connectivity index is 3.35. The Hall–Kier alpha value is -0.490. The smallest absolute Gasteiger partial charge is 0.0641 e. The van der Waals surface area contributed by atoms with Gasteiger partial charge in [-0.3, -0.25) is 0 Å². The van der Waals surface area contributed by atoms with Crippen molar-refractivity contribution in [2.45, 2.75) is 39.5 Å². The van der Waals surface area contributed by atoms with Crippen molar-refractivity contribution in [3.63, 3.8) is 0 Å². The number of hydrogen-bond donors (Lipinski definition) is 0. The zero-order valence-electron chi connectivity index (χ0n) is 9.03. The highest BCUT2D eigenvalue weighted by Gasteiger charge is 2.19. The van der Waals surface area contributed by atoms with Crippen LogP contribution in [0.4, 0.5) is 0 Å². The maximum absolute atomic E-state index is 6.29. The molecule has 0 unspecified atom stereocenters. The van der Waals surface area contributed by atoms with Crippen LogP contribution in [0.1, 0.15) is 36.1 Å². The van der Waals surface area contributed by atoms with E-state index in [9.17, 15) is 0 Å². The molecule has 0 heterocycles. The van der Waals surface area contributed by atoms with Gasteiger partial charge in [0.25, 0.3) is 0 Å². The Morgan fingerprint density at radius 1 is 1.00 bits per heavy atom. The number of rotatable bonds is 1. The summed E-state index contributed by atoms with van der Waals surface area (Å²) < 4.78 is 0. The van der Waals surface area contributed by atoms with Crippen molar-refractivity contribution in [2.24, 2.45) is 0 Å². The summed E-state index contributed by atoms with van der Waals surface area (Å²) in [6.45, 7) is 10.5. The molecule has 0 aliphatic carbocycles. The number of halogens is 1. The second-order valence-corrected chi connectivity index (χ2v) is 5.10. The molecule has 0 aliphatic rings. The molecular weight excluding hydrogens is 180 g/mol. The molecule has 0 amide bonds. The third-order valence-electron chi connectivity index (χ3n) is 2.70. The summed E-state index contributed by atoms with van der Waals surface area (Å²) in [5.41, 5.74) is 5.24. The summed E-state index contributed by atoms with van der Waals surface area (Å²) in [7, 11) is 0. The van der Waals surface area contributed by atoms with Crippen LogP contribution in [0.25, 0.3) is 0 Å². The van der Waals surface area contributed by atoms with Gasteiger partial charge in [-0.05, 0) is 56.9 Å². The summed E-state index contributed by atoms with van der Waals surface area (Å²) in [4.78, 5) is -0.261. The molecule has 0 spiro atoms. The third-order valence-corrected chi connectivity index (χ3v) is 2.90. The van der Waals surface area contributed by atoms with Crippen molar-refractivity contribution in [1.82, 2.24) is 0 Å². The van der Waals surface area contributed by atoms with Crippen molar-refractivity contribution in [3.8, 4) is 0 Å². The lowest BCUT2D eigenvalue weighted by molar-refractivity contribution is 0.756. The van der Waals surface area contributed by atoms with Gasteiger partial charge in [0.2, 0.25) is 0 Å². The number of alkyl halides is 1. The predicted molar refractivity (Wildman–Crippen MR) is 59.5 cm³/mol. The van der Waals surface area contributed by atoms with E-state index in [2.05, 4.69) is 32.9 Å². The van der Waals surface area contributed by atoms with Crippen molar-refractivity contribution in [3.05, 3.63) is 34.4 Å². The van der Waals surface area contributed by atoms with Crippen LogP contribution in [-0.4, -0.2) is 0 Å². The van der Waals surface area contributed by atoms with Gasteiger partial charge in [0.05, 0.1) is 4.87 Å². The molecular formula is C12H17Cl. The molecule has 1 aromatic carbocycles. The standard InChI is InChI=1S/C12H17Cl/c1-8-6-7-11(12(4,5)13)10(3)9(8)2/h6-7H,1-5H3. The van der Waals surface area contributed by atoms with Gasteiger partial charge in [0, 0.05) is 0 Å². The largest absolute Gasteiger partial charge is 0.115 e. The highest BCUT2D eigenvalue weighted by atomic mass is 35.5. The number of aryl methyl sites for hydroxylation is 1. The average Bonchev–Trinajstić information content (AvgIpc) is 1.98. The first kappa shape index (κ1) is 10.6. The van der Waals surface area contributed by atoms with E-state index in [1.54, 1.807) is 0 Å². The van der Waals surface area contributed by atoms with Crippen LogP contribution >= 0.6 is 11.6 Å². The molecule has 13 heavy (non-hydrogen) atoms. The fourth-order valence-corrected chi connectivity index (χ4v) is 1.80. The van der Waals surface area contributed by atoms with Crippen molar-refractivity contribution in [1.29, 1.82) is 0 Å². The van der Waals surface area contributed by atoms with E-state index in [1.165, 1.54) is 22.3 Å². The summed E-state index contributed by atoms with van der Waals surface area (Å²) in [5, 5.41) is 0. The van der Waals surface area contributed by atoms with Crippen LogP contribution < -0.4 is 0 Å². The summed E-state index contributed by atoms with van der Waals surface area (Å²) in [6, 6.07) is 4.27.